The summed E-state index contributed by atoms with van der Waals surface area (Å²) in [5.74, 6) is 2.57. The van der Waals surface area contributed by atoms with Crippen LogP contribution in [0.5, 0.6) is 28.7 Å². The Kier molecular flexibility index (Phi) is 7.84. The maximum absolute atomic E-state index is 13.4. The predicted octanol–water partition coefficient (Wildman–Crippen LogP) is 4.64. The number of hydrogen-bond acceptors (Lipinski definition) is 9. The molecule has 242 valence electrons. The summed E-state index contributed by atoms with van der Waals surface area (Å²) in [4.78, 5) is 30.7. The van der Waals surface area contributed by atoms with Crippen molar-refractivity contribution in [2.45, 2.75) is 96.3 Å². The zero-order valence-corrected chi connectivity index (χ0v) is 27.0. The molecule has 1 saturated heterocycles. The molecule has 4 heterocycles. The summed E-state index contributed by atoms with van der Waals surface area (Å²) in [5.41, 5.74) is 5.51. The molecule has 4 atom stereocenters. The Hall–Kier alpha value is -3.50. The number of ether oxygens (including phenoxy) is 4. The van der Waals surface area contributed by atoms with Crippen molar-refractivity contribution in [3.05, 3.63) is 39.4 Å². The Morgan fingerprint density at radius 1 is 1.07 bits per heavy atom. The van der Waals surface area contributed by atoms with Crippen LogP contribution in [0, 0.1) is 19.8 Å². The number of methoxy groups -OCH3 is 1. The molecule has 1 amide bonds. The number of likely N-dealkylation sites (N-methyl/N-ethyl adjacent to an activating group) is 1. The van der Waals surface area contributed by atoms with Crippen molar-refractivity contribution >= 4 is 11.9 Å². The van der Waals surface area contributed by atoms with Gasteiger partial charge in [0.1, 0.15) is 5.75 Å². The zero-order chi connectivity index (χ0) is 31.6. The molecular formula is C35H45N3O7. The number of benzene rings is 2. The summed E-state index contributed by atoms with van der Waals surface area (Å²) < 4.78 is 23.7. The largest absolute Gasteiger partial charge is 0.504 e. The third-order valence-electron chi connectivity index (χ3n) is 11.0. The van der Waals surface area contributed by atoms with E-state index in [9.17, 15) is 14.7 Å². The van der Waals surface area contributed by atoms with Crippen LogP contribution in [-0.2, 0) is 22.4 Å². The van der Waals surface area contributed by atoms with Crippen LogP contribution >= 0.6 is 0 Å². The van der Waals surface area contributed by atoms with Crippen molar-refractivity contribution in [1.82, 2.24) is 15.1 Å². The predicted molar refractivity (Wildman–Crippen MR) is 167 cm³/mol. The number of carbonyl (C=O) groups is 2. The first-order valence-corrected chi connectivity index (χ1v) is 16.4. The van der Waals surface area contributed by atoms with E-state index in [0.717, 1.165) is 59.2 Å². The number of carbonyl (C=O) groups excluding carboxylic acids is 2. The molecular weight excluding hydrogens is 574 g/mol. The quantitative estimate of drug-likeness (QED) is 0.353. The Bertz CT molecular complexity index is 1530. The van der Waals surface area contributed by atoms with E-state index in [1.54, 1.807) is 7.11 Å². The molecule has 1 unspecified atom stereocenters. The van der Waals surface area contributed by atoms with Crippen LogP contribution in [0.4, 0.5) is 0 Å². The van der Waals surface area contributed by atoms with Crippen LogP contribution in [0.25, 0.3) is 0 Å². The molecule has 0 spiro atoms. The Labute approximate surface area is 264 Å². The van der Waals surface area contributed by atoms with Crippen LogP contribution < -0.4 is 24.3 Å². The number of aromatic hydroxyl groups is 1. The summed E-state index contributed by atoms with van der Waals surface area (Å²) >= 11 is 0. The molecule has 0 radical (unpaired) electrons. The summed E-state index contributed by atoms with van der Waals surface area (Å²) in [6.07, 6.45) is 7.77. The number of fused-ring (bicyclic) bond motifs is 9. The molecule has 2 N–H and O–H groups in total. The molecule has 7 rings (SSSR count). The van der Waals surface area contributed by atoms with Gasteiger partial charge in [-0.25, -0.2) is 0 Å². The number of phenolic OH excluding ortho intramolecular Hbond substituents is 1. The number of piperazine rings is 1. The maximum Gasteiger partial charge on any atom is 0.308 e. The van der Waals surface area contributed by atoms with Crippen LogP contribution in [0.2, 0.25) is 0 Å². The molecule has 1 saturated carbocycles. The third-order valence-corrected chi connectivity index (χ3v) is 11.0. The van der Waals surface area contributed by atoms with E-state index < -0.39 is 5.97 Å². The van der Waals surface area contributed by atoms with Gasteiger partial charge in [-0.05, 0) is 63.6 Å². The summed E-state index contributed by atoms with van der Waals surface area (Å²) in [6, 6.07) is 1.89. The molecule has 2 bridgehead atoms. The number of phenols is 1. The van der Waals surface area contributed by atoms with E-state index in [2.05, 4.69) is 28.2 Å². The second-order valence-corrected chi connectivity index (χ2v) is 13.6. The van der Waals surface area contributed by atoms with Gasteiger partial charge in [0.15, 0.2) is 23.0 Å². The van der Waals surface area contributed by atoms with Crippen LogP contribution in [-0.4, -0.2) is 72.9 Å². The molecule has 5 aliphatic rings. The highest BCUT2D eigenvalue weighted by Gasteiger charge is 2.52. The minimum absolute atomic E-state index is 0.0734. The van der Waals surface area contributed by atoms with Gasteiger partial charge in [0.05, 0.1) is 19.2 Å². The Balaban J connectivity index is 1.33. The molecule has 1 aliphatic carbocycles. The van der Waals surface area contributed by atoms with E-state index in [-0.39, 0.29) is 42.6 Å². The number of amides is 1. The number of rotatable bonds is 6. The first-order valence-electron chi connectivity index (χ1n) is 16.4. The molecule has 2 aromatic rings. The van der Waals surface area contributed by atoms with E-state index in [1.807, 2.05) is 13.8 Å². The Morgan fingerprint density at radius 3 is 2.56 bits per heavy atom. The summed E-state index contributed by atoms with van der Waals surface area (Å²) in [7, 11) is 3.73. The van der Waals surface area contributed by atoms with Crippen molar-refractivity contribution in [3.8, 4) is 28.7 Å². The van der Waals surface area contributed by atoms with Gasteiger partial charge in [-0.3, -0.25) is 19.4 Å². The van der Waals surface area contributed by atoms with Gasteiger partial charge in [0.2, 0.25) is 12.7 Å². The third kappa shape index (κ3) is 5.01. The molecule has 2 fully saturated rings. The number of esters is 1. The number of hydrogen-bond donors (Lipinski definition) is 2. The minimum Gasteiger partial charge on any atom is -0.504 e. The Morgan fingerprint density at radius 2 is 1.82 bits per heavy atom. The lowest BCUT2D eigenvalue weighted by atomic mass is 9.74. The van der Waals surface area contributed by atoms with E-state index in [1.165, 1.54) is 26.2 Å². The van der Waals surface area contributed by atoms with Gasteiger partial charge in [-0.1, -0.05) is 25.3 Å². The minimum atomic E-state index is -0.402. The van der Waals surface area contributed by atoms with Gasteiger partial charge in [0.25, 0.3) is 0 Å². The van der Waals surface area contributed by atoms with Gasteiger partial charge >= 0.3 is 5.97 Å². The molecule has 4 aliphatic heterocycles. The summed E-state index contributed by atoms with van der Waals surface area (Å²) in [5, 5.41) is 14.9. The topological polar surface area (TPSA) is 110 Å². The maximum atomic E-state index is 13.4. The number of nitrogens with one attached hydrogen (secondary N) is 1. The van der Waals surface area contributed by atoms with Gasteiger partial charge in [-0.2, -0.15) is 0 Å². The lowest BCUT2D eigenvalue weighted by Crippen LogP contribution is -2.64. The fraction of sp³-hybridized carbons (Fsp3) is 0.600. The van der Waals surface area contributed by atoms with Crippen molar-refractivity contribution in [3.63, 3.8) is 0 Å². The number of nitrogens with zero attached hydrogens (tertiary/aromatic N) is 2. The van der Waals surface area contributed by atoms with Gasteiger partial charge < -0.3 is 29.4 Å². The van der Waals surface area contributed by atoms with Crippen molar-refractivity contribution in [2.75, 3.05) is 34.0 Å². The SMILES string of the molecule is COc1c(C)cc2c(c1O)[C@@H]1C3Cc4c(OC(C)=O)c(C)c5c(c4[C@H](CNC(=O)CC4CCCCC4)N3C[C@H](C2)N1C)OCO5. The van der Waals surface area contributed by atoms with Crippen molar-refractivity contribution in [2.24, 2.45) is 5.92 Å². The molecule has 10 heteroatoms. The summed E-state index contributed by atoms with van der Waals surface area (Å²) in [6.45, 7) is 6.55. The fourth-order valence-electron chi connectivity index (χ4n) is 8.97. The molecule has 0 aromatic heterocycles. The highest BCUT2D eigenvalue weighted by Crippen LogP contribution is 2.57. The average Bonchev–Trinajstić information content (AvgIpc) is 3.49. The highest BCUT2D eigenvalue weighted by molar-refractivity contribution is 5.77. The average molecular weight is 620 g/mol. The highest BCUT2D eigenvalue weighted by atomic mass is 16.7. The van der Waals surface area contributed by atoms with Crippen LogP contribution in [0.1, 0.15) is 90.9 Å². The monoisotopic (exact) mass is 619 g/mol. The van der Waals surface area contributed by atoms with Gasteiger partial charge in [0, 0.05) is 60.8 Å². The van der Waals surface area contributed by atoms with E-state index >= 15 is 0 Å². The lowest BCUT2D eigenvalue weighted by Gasteiger charge is -2.58. The lowest BCUT2D eigenvalue weighted by molar-refractivity contribution is -0.132. The second-order valence-electron chi connectivity index (χ2n) is 13.6. The first kappa shape index (κ1) is 30.2. The number of aryl methyl sites for hydroxylation is 1. The zero-order valence-electron chi connectivity index (χ0n) is 27.0. The van der Waals surface area contributed by atoms with Crippen molar-refractivity contribution in [1.29, 1.82) is 0 Å². The van der Waals surface area contributed by atoms with E-state index in [4.69, 9.17) is 18.9 Å². The normalized spacial score (nSPS) is 25.6. The molecule has 45 heavy (non-hydrogen) atoms. The fourth-order valence-corrected chi connectivity index (χ4v) is 8.97. The molecule has 2 aromatic carbocycles. The van der Waals surface area contributed by atoms with Crippen LogP contribution in [0.3, 0.4) is 0 Å². The first-order chi connectivity index (χ1) is 21.7. The standard InChI is InChI=1S/C35H45N3O7/c1-18-11-22-13-23-16-38-25(30(37(23)4)28(22)31(41)32(18)42-5)14-24-29(26(38)15-36-27(40)12-21-9-7-6-8-10-21)35-34(43-17-44-35)19(2)33(24)45-20(3)39/h11,21,23,25-26,30,41H,6-10,12-17H2,1-5H3,(H,36,40)/t23-,25?,26-,30-/m0/s1. The smallest absolute Gasteiger partial charge is 0.308 e. The molecule has 10 nitrogen and oxygen atoms in total. The van der Waals surface area contributed by atoms with E-state index in [0.29, 0.717) is 48.3 Å². The van der Waals surface area contributed by atoms with Crippen LogP contribution in [0.15, 0.2) is 6.07 Å². The van der Waals surface area contributed by atoms with Gasteiger partial charge in [-0.15, -0.1) is 0 Å². The second kappa shape index (κ2) is 11.7. The van der Waals surface area contributed by atoms with Crippen molar-refractivity contribution < 1.29 is 33.6 Å².